The third-order valence-corrected chi connectivity index (χ3v) is 5.04. The number of rotatable bonds is 4. The van der Waals surface area contributed by atoms with Gasteiger partial charge in [0.2, 0.25) is 11.8 Å². The number of aryl methyl sites for hydroxylation is 1. The molecule has 6 heteroatoms. The average Bonchev–Trinajstić information content (AvgIpc) is 3.23. The molecule has 2 atom stereocenters. The maximum Gasteiger partial charge on any atom is 0.229 e. The number of hydrogen-bond acceptors (Lipinski definition) is 4. The molecule has 0 aliphatic carbocycles. The first-order chi connectivity index (χ1) is 13.0. The Bertz CT molecular complexity index is 996. The Morgan fingerprint density at radius 2 is 2.04 bits per heavy atom. The number of oxazole rings is 1. The molecular formula is C21H21N3O3. The summed E-state index contributed by atoms with van der Waals surface area (Å²) in [5.41, 5.74) is 3.11. The van der Waals surface area contributed by atoms with E-state index in [2.05, 4.69) is 10.3 Å². The van der Waals surface area contributed by atoms with Crippen molar-refractivity contribution in [1.29, 1.82) is 0 Å². The summed E-state index contributed by atoms with van der Waals surface area (Å²) in [7, 11) is 0. The number of nitrogens with zero attached hydrogens (tertiary/aromatic N) is 2. The van der Waals surface area contributed by atoms with Crippen LogP contribution in [0.25, 0.3) is 11.1 Å². The monoisotopic (exact) mass is 363 g/mol. The lowest BCUT2D eigenvalue weighted by Crippen LogP contribution is -2.30. The SMILES string of the molecule is Cc1nc2cc(NC(=O)[C@@H]3CC(=O)N([C@@H](C)c4ccccc4)C3)ccc2o1. The van der Waals surface area contributed by atoms with E-state index in [9.17, 15) is 9.59 Å². The zero-order valence-electron chi connectivity index (χ0n) is 15.3. The van der Waals surface area contributed by atoms with E-state index in [4.69, 9.17) is 4.42 Å². The molecular weight excluding hydrogens is 342 g/mol. The number of benzene rings is 2. The summed E-state index contributed by atoms with van der Waals surface area (Å²) in [5.74, 6) is 0.0820. The summed E-state index contributed by atoms with van der Waals surface area (Å²) >= 11 is 0. The molecule has 1 fully saturated rings. The van der Waals surface area contributed by atoms with Crippen LogP contribution in [0.5, 0.6) is 0 Å². The Labute approximate surface area is 157 Å². The zero-order valence-corrected chi connectivity index (χ0v) is 15.3. The molecule has 0 unspecified atom stereocenters. The van der Waals surface area contributed by atoms with Crippen LogP contribution in [-0.4, -0.2) is 28.2 Å². The molecule has 3 aromatic rings. The van der Waals surface area contributed by atoms with E-state index in [1.165, 1.54) is 0 Å². The first-order valence-corrected chi connectivity index (χ1v) is 9.04. The summed E-state index contributed by atoms with van der Waals surface area (Å²) in [5, 5.41) is 2.91. The second-order valence-corrected chi connectivity index (χ2v) is 6.94. The predicted octanol–water partition coefficient (Wildman–Crippen LogP) is 3.68. The Hall–Kier alpha value is -3.15. The molecule has 1 aliphatic rings. The molecule has 1 aromatic heterocycles. The molecule has 4 rings (SSSR count). The van der Waals surface area contributed by atoms with Crippen molar-refractivity contribution in [2.45, 2.75) is 26.3 Å². The third-order valence-electron chi connectivity index (χ3n) is 5.04. The Kier molecular flexibility index (Phi) is 4.39. The molecule has 0 spiro atoms. The van der Waals surface area contributed by atoms with E-state index < -0.39 is 0 Å². The molecule has 0 bridgehead atoms. The Morgan fingerprint density at radius 1 is 1.26 bits per heavy atom. The fourth-order valence-corrected chi connectivity index (χ4v) is 3.56. The predicted molar refractivity (Wildman–Crippen MR) is 102 cm³/mol. The van der Waals surface area contributed by atoms with Gasteiger partial charge in [0.15, 0.2) is 11.5 Å². The summed E-state index contributed by atoms with van der Waals surface area (Å²) in [6.07, 6.45) is 0.230. The number of carbonyl (C=O) groups excluding carboxylic acids is 2. The van der Waals surface area contributed by atoms with Crippen molar-refractivity contribution >= 4 is 28.6 Å². The van der Waals surface area contributed by atoms with Crippen LogP contribution in [0.15, 0.2) is 52.9 Å². The maximum absolute atomic E-state index is 12.7. The van der Waals surface area contributed by atoms with Crippen molar-refractivity contribution in [2.24, 2.45) is 5.92 Å². The molecule has 2 aromatic carbocycles. The second-order valence-electron chi connectivity index (χ2n) is 6.94. The molecule has 1 N–H and O–H groups in total. The van der Waals surface area contributed by atoms with Gasteiger partial charge in [-0.25, -0.2) is 4.98 Å². The fourth-order valence-electron chi connectivity index (χ4n) is 3.56. The van der Waals surface area contributed by atoms with Crippen molar-refractivity contribution in [2.75, 3.05) is 11.9 Å². The van der Waals surface area contributed by atoms with Crippen molar-refractivity contribution in [3.8, 4) is 0 Å². The Balaban J connectivity index is 1.45. The number of likely N-dealkylation sites (tertiary alicyclic amines) is 1. The summed E-state index contributed by atoms with van der Waals surface area (Å²) < 4.78 is 5.45. The first-order valence-electron chi connectivity index (χ1n) is 9.04. The second kappa shape index (κ2) is 6.87. The minimum atomic E-state index is -0.363. The van der Waals surface area contributed by atoms with Crippen LogP contribution < -0.4 is 5.32 Å². The van der Waals surface area contributed by atoms with E-state index in [1.54, 1.807) is 30.0 Å². The van der Waals surface area contributed by atoms with Crippen LogP contribution in [0, 0.1) is 12.8 Å². The highest BCUT2D eigenvalue weighted by atomic mass is 16.3. The van der Waals surface area contributed by atoms with Crippen molar-refractivity contribution in [3.05, 3.63) is 60.0 Å². The van der Waals surface area contributed by atoms with Crippen LogP contribution in [0.2, 0.25) is 0 Å². The van der Waals surface area contributed by atoms with E-state index in [0.29, 0.717) is 29.2 Å². The van der Waals surface area contributed by atoms with Crippen LogP contribution in [0.1, 0.15) is 30.8 Å². The lowest BCUT2D eigenvalue weighted by atomic mass is 10.1. The number of carbonyl (C=O) groups is 2. The minimum Gasteiger partial charge on any atom is -0.441 e. The highest BCUT2D eigenvalue weighted by Crippen LogP contribution is 2.29. The lowest BCUT2D eigenvalue weighted by molar-refractivity contribution is -0.129. The van der Waals surface area contributed by atoms with E-state index in [0.717, 1.165) is 5.56 Å². The topological polar surface area (TPSA) is 75.4 Å². The molecule has 0 saturated carbocycles. The van der Waals surface area contributed by atoms with Gasteiger partial charge in [-0.1, -0.05) is 30.3 Å². The largest absolute Gasteiger partial charge is 0.441 e. The molecule has 27 heavy (non-hydrogen) atoms. The molecule has 6 nitrogen and oxygen atoms in total. The van der Waals surface area contributed by atoms with Gasteiger partial charge in [0, 0.05) is 25.6 Å². The number of nitrogens with one attached hydrogen (secondary N) is 1. The molecule has 2 heterocycles. The van der Waals surface area contributed by atoms with Gasteiger partial charge in [0.25, 0.3) is 0 Å². The number of amides is 2. The van der Waals surface area contributed by atoms with Crippen LogP contribution in [-0.2, 0) is 9.59 Å². The van der Waals surface area contributed by atoms with Crippen molar-refractivity contribution < 1.29 is 14.0 Å². The van der Waals surface area contributed by atoms with Gasteiger partial charge in [-0.3, -0.25) is 9.59 Å². The summed E-state index contributed by atoms with van der Waals surface area (Å²) in [4.78, 5) is 31.2. The van der Waals surface area contributed by atoms with Gasteiger partial charge in [-0.15, -0.1) is 0 Å². The van der Waals surface area contributed by atoms with Gasteiger partial charge in [0.1, 0.15) is 5.52 Å². The number of fused-ring (bicyclic) bond motifs is 1. The van der Waals surface area contributed by atoms with Gasteiger partial charge in [-0.2, -0.15) is 0 Å². The third kappa shape index (κ3) is 3.43. The normalized spacial score (nSPS) is 18.1. The molecule has 1 saturated heterocycles. The van der Waals surface area contributed by atoms with Crippen LogP contribution in [0.3, 0.4) is 0 Å². The van der Waals surface area contributed by atoms with E-state index >= 15 is 0 Å². The maximum atomic E-state index is 12.7. The number of anilines is 1. The lowest BCUT2D eigenvalue weighted by Gasteiger charge is -2.25. The summed E-state index contributed by atoms with van der Waals surface area (Å²) in [6, 6.07) is 15.2. The van der Waals surface area contributed by atoms with Crippen LogP contribution in [0.4, 0.5) is 5.69 Å². The molecule has 0 radical (unpaired) electrons. The number of hydrogen-bond donors (Lipinski definition) is 1. The first kappa shape index (κ1) is 17.3. The minimum absolute atomic E-state index is 0.00841. The zero-order chi connectivity index (χ0) is 19.0. The summed E-state index contributed by atoms with van der Waals surface area (Å²) in [6.45, 7) is 4.20. The standard InChI is InChI=1S/C21H21N3O3/c1-13(15-6-4-3-5-7-15)24-12-16(10-20(24)25)21(26)23-17-8-9-19-18(11-17)22-14(2)27-19/h3-9,11,13,16H,10,12H2,1-2H3,(H,23,26)/t13-,16+/m0/s1. The van der Waals surface area contributed by atoms with Gasteiger partial charge in [0.05, 0.1) is 12.0 Å². The highest BCUT2D eigenvalue weighted by Gasteiger charge is 2.37. The van der Waals surface area contributed by atoms with Gasteiger partial charge in [-0.05, 0) is 30.7 Å². The highest BCUT2D eigenvalue weighted by molar-refractivity contribution is 5.98. The molecule has 2 amide bonds. The van der Waals surface area contributed by atoms with Crippen LogP contribution >= 0.6 is 0 Å². The Morgan fingerprint density at radius 3 is 2.81 bits per heavy atom. The molecule has 1 aliphatic heterocycles. The van der Waals surface area contributed by atoms with E-state index in [1.807, 2.05) is 37.3 Å². The van der Waals surface area contributed by atoms with E-state index in [-0.39, 0.29) is 30.2 Å². The average molecular weight is 363 g/mol. The molecule has 138 valence electrons. The fraction of sp³-hybridized carbons (Fsp3) is 0.286. The smallest absolute Gasteiger partial charge is 0.229 e. The van der Waals surface area contributed by atoms with Gasteiger partial charge >= 0.3 is 0 Å². The van der Waals surface area contributed by atoms with Crippen molar-refractivity contribution in [1.82, 2.24) is 9.88 Å². The number of aromatic nitrogens is 1. The quantitative estimate of drug-likeness (QED) is 0.767. The van der Waals surface area contributed by atoms with Gasteiger partial charge < -0.3 is 14.6 Å². The van der Waals surface area contributed by atoms with Crippen molar-refractivity contribution in [3.63, 3.8) is 0 Å².